The maximum Gasteiger partial charge on any atom is 0.338 e. The summed E-state index contributed by atoms with van der Waals surface area (Å²) in [7, 11) is 1.52. The van der Waals surface area contributed by atoms with Crippen molar-refractivity contribution >= 4 is 46.1 Å². The van der Waals surface area contributed by atoms with E-state index in [9.17, 15) is 9.59 Å². The molecule has 188 valence electrons. The summed E-state index contributed by atoms with van der Waals surface area (Å²) in [6.45, 7) is 5.50. The average molecular weight is 528 g/mol. The number of aliphatic imine (C=N–C) groups is 1. The van der Waals surface area contributed by atoms with Gasteiger partial charge in [0.15, 0.2) is 23.3 Å². The molecule has 1 amide bonds. The zero-order valence-electron chi connectivity index (χ0n) is 20.3. The summed E-state index contributed by atoms with van der Waals surface area (Å²) < 4.78 is 16.6. The van der Waals surface area contributed by atoms with Crippen LogP contribution in [0, 0.1) is 6.92 Å². The van der Waals surface area contributed by atoms with Crippen molar-refractivity contribution in [3.63, 3.8) is 0 Å². The van der Waals surface area contributed by atoms with Crippen LogP contribution in [0.5, 0.6) is 11.5 Å². The highest BCUT2D eigenvalue weighted by Crippen LogP contribution is 2.43. The Balaban J connectivity index is 1.54. The van der Waals surface area contributed by atoms with Gasteiger partial charge in [0.25, 0.3) is 5.91 Å². The molecule has 2 aromatic rings. The number of hydrogen-bond acceptors (Lipinski definition) is 8. The average Bonchev–Trinajstić information content (AvgIpc) is 3.32. The fourth-order valence-corrected chi connectivity index (χ4v) is 4.85. The Morgan fingerprint density at radius 1 is 1.17 bits per heavy atom. The van der Waals surface area contributed by atoms with Crippen LogP contribution in [0.3, 0.4) is 0 Å². The monoisotopic (exact) mass is 527 g/mol. The molecule has 2 aliphatic heterocycles. The van der Waals surface area contributed by atoms with E-state index in [-0.39, 0.29) is 19.1 Å². The minimum Gasteiger partial charge on any atom is -0.493 e. The van der Waals surface area contributed by atoms with Crippen molar-refractivity contribution in [2.45, 2.75) is 26.8 Å². The van der Waals surface area contributed by atoms with E-state index in [0.717, 1.165) is 16.3 Å². The lowest BCUT2D eigenvalue weighted by Crippen LogP contribution is -2.34. The molecular weight excluding hydrogens is 502 g/mol. The zero-order valence-corrected chi connectivity index (χ0v) is 21.9. The fourth-order valence-electron chi connectivity index (χ4n) is 3.88. The van der Waals surface area contributed by atoms with Crippen molar-refractivity contribution in [2.75, 3.05) is 25.6 Å². The molecule has 0 aromatic heterocycles. The van der Waals surface area contributed by atoms with Gasteiger partial charge in [-0.25, -0.2) is 9.79 Å². The molecule has 1 atom stereocenters. The number of carbonyl (C=O) groups is 2. The molecule has 1 N–H and O–H groups in total. The van der Waals surface area contributed by atoms with E-state index in [1.807, 2.05) is 35.6 Å². The number of nitrogens with one attached hydrogen (secondary N) is 1. The topological polar surface area (TPSA) is 89.5 Å². The number of halogens is 1. The normalized spacial score (nSPS) is 16.4. The number of allylic oxidation sites excluding steroid dienone is 1. The number of thioether (sulfide) groups is 1. The van der Waals surface area contributed by atoms with E-state index < -0.39 is 12.0 Å². The van der Waals surface area contributed by atoms with Crippen molar-refractivity contribution in [1.82, 2.24) is 4.90 Å². The molecule has 0 radical (unpaired) electrons. The lowest BCUT2D eigenvalue weighted by atomic mass is 9.94. The number of fused-ring (bicyclic) bond motifs is 1. The summed E-state index contributed by atoms with van der Waals surface area (Å²) in [5.41, 5.74) is 3.36. The molecule has 0 spiro atoms. The number of rotatable bonds is 8. The summed E-state index contributed by atoms with van der Waals surface area (Å²) in [6, 6.07) is 10.2. The van der Waals surface area contributed by atoms with Crippen molar-refractivity contribution in [3.05, 3.63) is 75.4 Å². The van der Waals surface area contributed by atoms with Gasteiger partial charge in [-0.1, -0.05) is 35.5 Å². The number of nitrogens with zero attached hydrogens (tertiary/aromatic N) is 2. The van der Waals surface area contributed by atoms with Gasteiger partial charge >= 0.3 is 5.97 Å². The highest BCUT2D eigenvalue weighted by Gasteiger charge is 2.37. The Labute approximate surface area is 219 Å². The maximum absolute atomic E-state index is 12.9. The molecule has 0 saturated carbocycles. The largest absolute Gasteiger partial charge is 0.493 e. The third-order valence-corrected chi connectivity index (χ3v) is 6.81. The van der Waals surface area contributed by atoms with E-state index in [4.69, 9.17) is 25.8 Å². The van der Waals surface area contributed by atoms with Crippen LogP contribution in [0.25, 0.3) is 0 Å². The number of anilines is 1. The van der Waals surface area contributed by atoms with Crippen LogP contribution in [0.1, 0.15) is 31.0 Å². The second-order valence-corrected chi connectivity index (χ2v) is 9.32. The third-order valence-electron chi connectivity index (χ3n) is 5.63. The first kappa shape index (κ1) is 25.7. The Hall–Kier alpha value is -3.43. The number of esters is 1. The fraction of sp³-hybridized carbons (Fsp3) is 0.269. The van der Waals surface area contributed by atoms with Crippen LogP contribution in [0.15, 0.2) is 64.3 Å². The molecule has 8 nitrogen and oxygen atoms in total. The van der Waals surface area contributed by atoms with E-state index >= 15 is 0 Å². The highest BCUT2D eigenvalue weighted by atomic mass is 35.5. The van der Waals surface area contributed by atoms with Crippen LogP contribution in [0.2, 0.25) is 5.02 Å². The number of methoxy groups -OCH3 is 1. The van der Waals surface area contributed by atoms with Crippen molar-refractivity contribution < 1.29 is 23.8 Å². The Morgan fingerprint density at radius 3 is 2.69 bits per heavy atom. The van der Waals surface area contributed by atoms with Crippen LogP contribution < -0.4 is 14.8 Å². The number of amides is 1. The molecule has 2 heterocycles. The summed E-state index contributed by atoms with van der Waals surface area (Å²) in [5.74, 6) is 0.0732. The maximum atomic E-state index is 12.9. The predicted octanol–water partition coefficient (Wildman–Crippen LogP) is 5.44. The molecule has 0 aliphatic carbocycles. The zero-order chi connectivity index (χ0) is 25.8. The molecule has 2 aliphatic rings. The first-order chi connectivity index (χ1) is 17.3. The second kappa shape index (κ2) is 11.1. The Kier molecular flexibility index (Phi) is 7.91. The van der Waals surface area contributed by atoms with Crippen molar-refractivity contribution in [1.29, 1.82) is 0 Å². The van der Waals surface area contributed by atoms with E-state index in [0.29, 0.717) is 33.5 Å². The van der Waals surface area contributed by atoms with Gasteiger partial charge in [-0.2, -0.15) is 0 Å². The standard InChI is InChI=1S/C26H26ClN3O5S/c1-5-34-25(32)23-16(3)28-26-30(10-11-36-26)24(23)17-7-9-20(21(12-17)33-4)35-14-22(31)29-18-8-6-15(2)19(27)13-18/h6-13,24H,5,14H2,1-4H3,(H,29,31)/t24-/m1/s1. The third kappa shape index (κ3) is 5.37. The van der Waals surface area contributed by atoms with Crippen LogP contribution in [-0.4, -0.2) is 42.3 Å². The van der Waals surface area contributed by atoms with Crippen molar-refractivity contribution in [2.24, 2.45) is 4.99 Å². The number of ether oxygens (including phenoxy) is 3. The smallest absolute Gasteiger partial charge is 0.338 e. The Bertz CT molecular complexity index is 1290. The van der Waals surface area contributed by atoms with Gasteiger partial charge in [0.05, 0.1) is 31.0 Å². The summed E-state index contributed by atoms with van der Waals surface area (Å²) in [4.78, 5) is 31.8. The van der Waals surface area contributed by atoms with Crippen LogP contribution in [0.4, 0.5) is 5.69 Å². The number of amidine groups is 1. The molecule has 4 rings (SSSR count). The van der Waals surface area contributed by atoms with Gasteiger partial charge in [-0.3, -0.25) is 4.79 Å². The SMILES string of the molecule is CCOC(=O)C1=C(C)N=C2SC=CN2[C@@H]1c1ccc(OCC(=O)Nc2ccc(C)c(Cl)c2)c(OC)c1. The molecule has 0 unspecified atom stereocenters. The van der Waals surface area contributed by atoms with Crippen LogP contribution >= 0.6 is 23.4 Å². The Morgan fingerprint density at radius 2 is 1.97 bits per heavy atom. The van der Waals surface area contributed by atoms with Gasteiger partial charge < -0.3 is 24.4 Å². The second-order valence-electron chi connectivity index (χ2n) is 8.04. The van der Waals surface area contributed by atoms with E-state index in [1.54, 1.807) is 38.1 Å². The van der Waals surface area contributed by atoms with E-state index in [1.165, 1.54) is 18.9 Å². The number of benzene rings is 2. The number of hydrogen-bond donors (Lipinski definition) is 1. The summed E-state index contributed by atoms with van der Waals surface area (Å²) >= 11 is 7.61. The summed E-state index contributed by atoms with van der Waals surface area (Å²) in [5, 5.41) is 6.03. The molecule has 0 saturated heterocycles. The molecule has 0 bridgehead atoms. The van der Waals surface area contributed by atoms with Gasteiger partial charge in [0.1, 0.15) is 0 Å². The van der Waals surface area contributed by atoms with Gasteiger partial charge in [0.2, 0.25) is 0 Å². The minimum atomic E-state index is -0.444. The lowest BCUT2D eigenvalue weighted by Gasteiger charge is -2.33. The lowest BCUT2D eigenvalue weighted by molar-refractivity contribution is -0.139. The van der Waals surface area contributed by atoms with Crippen molar-refractivity contribution in [3.8, 4) is 11.5 Å². The van der Waals surface area contributed by atoms with Gasteiger partial charge in [-0.15, -0.1) is 0 Å². The highest BCUT2D eigenvalue weighted by molar-refractivity contribution is 8.16. The molecule has 36 heavy (non-hydrogen) atoms. The first-order valence-corrected chi connectivity index (χ1v) is 12.5. The molecule has 2 aromatic carbocycles. The predicted molar refractivity (Wildman–Crippen MR) is 141 cm³/mol. The first-order valence-electron chi connectivity index (χ1n) is 11.3. The molecule has 10 heteroatoms. The summed E-state index contributed by atoms with van der Waals surface area (Å²) in [6.07, 6.45) is 1.89. The molecular formula is C26H26ClN3O5S. The van der Waals surface area contributed by atoms with Gasteiger partial charge in [0, 0.05) is 16.9 Å². The minimum absolute atomic E-state index is 0.222. The van der Waals surface area contributed by atoms with E-state index in [2.05, 4.69) is 10.3 Å². The van der Waals surface area contributed by atoms with Gasteiger partial charge in [-0.05, 0) is 61.6 Å². The molecule has 0 fully saturated rings. The quantitative estimate of drug-likeness (QED) is 0.457. The van der Waals surface area contributed by atoms with Crippen LogP contribution in [-0.2, 0) is 14.3 Å². The number of aryl methyl sites for hydroxylation is 1. The number of carbonyl (C=O) groups excluding carboxylic acids is 2.